The van der Waals surface area contributed by atoms with Gasteiger partial charge in [0.05, 0.1) is 12.1 Å². The predicted octanol–water partition coefficient (Wildman–Crippen LogP) is 3.33. The van der Waals surface area contributed by atoms with Crippen LogP contribution < -0.4 is 10.1 Å². The van der Waals surface area contributed by atoms with Crippen LogP contribution in [0.1, 0.15) is 30.7 Å². The molecular formula is C13H15NOS. The van der Waals surface area contributed by atoms with Gasteiger partial charge in [-0.1, -0.05) is 18.6 Å². The lowest BCUT2D eigenvalue weighted by molar-refractivity contribution is 0.413. The highest BCUT2D eigenvalue weighted by molar-refractivity contribution is 7.80. The Morgan fingerprint density at radius 1 is 1.31 bits per heavy atom. The van der Waals surface area contributed by atoms with Crippen LogP contribution in [0.3, 0.4) is 0 Å². The van der Waals surface area contributed by atoms with Crippen LogP contribution in [0.25, 0.3) is 0 Å². The Labute approximate surface area is 101 Å². The van der Waals surface area contributed by atoms with Crippen molar-refractivity contribution in [2.75, 3.05) is 12.4 Å². The summed E-state index contributed by atoms with van der Waals surface area (Å²) in [5.74, 6) is 2.10. The summed E-state index contributed by atoms with van der Waals surface area (Å²) in [6.07, 6.45) is 3.77. The van der Waals surface area contributed by atoms with Gasteiger partial charge in [-0.05, 0) is 42.5 Å². The Morgan fingerprint density at radius 3 is 2.94 bits per heavy atom. The lowest BCUT2D eigenvalue weighted by atomic mass is 9.84. The van der Waals surface area contributed by atoms with Crippen LogP contribution in [0.4, 0.5) is 5.69 Å². The molecule has 1 aliphatic carbocycles. The molecule has 0 spiro atoms. The summed E-state index contributed by atoms with van der Waals surface area (Å²) >= 11 is 5.44. The van der Waals surface area contributed by atoms with Gasteiger partial charge in [-0.15, -0.1) is 0 Å². The van der Waals surface area contributed by atoms with Gasteiger partial charge in [0.1, 0.15) is 5.75 Å². The minimum absolute atomic E-state index is 0.551. The highest BCUT2D eigenvalue weighted by Crippen LogP contribution is 2.47. The van der Waals surface area contributed by atoms with E-state index in [1.807, 2.05) is 6.07 Å². The highest BCUT2D eigenvalue weighted by atomic mass is 32.1. The number of ether oxygens (including phenoxy) is 1. The molecule has 16 heavy (non-hydrogen) atoms. The van der Waals surface area contributed by atoms with Gasteiger partial charge >= 0.3 is 0 Å². The molecule has 0 bridgehead atoms. The van der Waals surface area contributed by atoms with Crippen molar-refractivity contribution in [1.82, 2.24) is 0 Å². The van der Waals surface area contributed by atoms with Crippen molar-refractivity contribution in [3.63, 3.8) is 0 Å². The molecule has 1 N–H and O–H groups in total. The summed E-state index contributed by atoms with van der Waals surface area (Å²) < 4.78 is 5.29. The molecule has 2 aliphatic rings. The van der Waals surface area contributed by atoms with Crippen LogP contribution in [0.5, 0.6) is 5.75 Å². The van der Waals surface area contributed by atoms with E-state index in [0.29, 0.717) is 11.8 Å². The average Bonchev–Trinajstić information content (AvgIpc) is 2.78. The highest BCUT2D eigenvalue weighted by Gasteiger charge is 2.36. The third-order valence-electron chi connectivity index (χ3n) is 3.77. The molecule has 3 rings (SSSR count). The number of benzene rings is 1. The predicted molar refractivity (Wildman–Crippen MR) is 69.3 cm³/mol. The zero-order valence-corrected chi connectivity index (χ0v) is 10.1. The number of thiocarbonyl (C=S) groups is 1. The van der Waals surface area contributed by atoms with Gasteiger partial charge < -0.3 is 10.1 Å². The second kappa shape index (κ2) is 3.74. The maximum Gasteiger partial charge on any atom is 0.119 e. The first-order valence-electron chi connectivity index (χ1n) is 5.78. The zero-order chi connectivity index (χ0) is 11.1. The molecule has 0 saturated heterocycles. The molecule has 2 unspecified atom stereocenters. The van der Waals surface area contributed by atoms with Crippen molar-refractivity contribution in [2.45, 2.75) is 25.2 Å². The van der Waals surface area contributed by atoms with Crippen molar-refractivity contribution in [1.29, 1.82) is 0 Å². The van der Waals surface area contributed by atoms with Gasteiger partial charge in [0.15, 0.2) is 0 Å². The summed E-state index contributed by atoms with van der Waals surface area (Å²) in [6.45, 7) is 0. The van der Waals surface area contributed by atoms with E-state index < -0.39 is 0 Å². The molecule has 1 fully saturated rings. The molecule has 1 aromatic carbocycles. The second-order valence-corrected chi connectivity index (χ2v) is 5.03. The van der Waals surface area contributed by atoms with Crippen LogP contribution >= 0.6 is 12.2 Å². The maximum atomic E-state index is 5.44. The molecule has 1 aromatic rings. The normalized spacial score (nSPS) is 26.9. The molecule has 0 aromatic heterocycles. The summed E-state index contributed by atoms with van der Waals surface area (Å²) in [5, 5.41) is 3.36. The van der Waals surface area contributed by atoms with Crippen molar-refractivity contribution in [3.8, 4) is 5.75 Å². The van der Waals surface area contributed by atoms with Crippen molar-refractivity contribution in [3.05, 3.63) is 23.8 Å². The Balaban J connectivity index is 2.08. The first-order chi connectivity index (χ1) is 7.79. The molecule has 3 heteroatoms. The molecule has 1 heterocycles. The summed E-state index contributed by atoms with van der Waals surface area (Å²) in [6, 6.07) is 6.23. The summed E-state index contributed by atoms with van der Waals surface area (Å²) in [4.78, 5) is 1.03. The summed E-state index contributed by atoms with van der Waals surface area (Å²) in [7, 11) is 1.72. The molecule has 2 nitrogen and oxygen atoms in total. The Kier molecular flexibility index (Phi) is 2.36. The molecule has 1 saturated carbocycles. The fourth-order valence-electron chi connectivity index (χ4n) is 2.96. The largest absolute Gasteiger partial charge is 0.497 e. The quantitative estimate of drug-likeness (QED) is 0.752. The first-order valence-corrected chi connectivity index (χ1v) is 6.19. The van der Waals surface area contributed by atoms with E-state index in [1.54, 1.807) is 7.11 Å². The maximum absolute atomic E-state index is 5.44. The van der Waals surface area contributed by atoms with Crippen molar-refractivity contribution < 1.29 is 4.74 Å². The Hall–Kier alpha value is -1.09. The second-order valence-electron chi connectivity index (χ2n) is 4.59. The lowest BCUT2D eigenvalue weighted by Gasteiger charge is -2.30. The number of nitrogens with one attached hydrogen (secondary N) is 1. The van der Waals surface area contributed by atoms with Gasteiger partial charge in [0.25, 0.3) is 0 Å². The van der Waals surface area contributed by atoms with Crippen molar-refractivity contribution >= 4 is 22.9 Å². The van der Waals surface area contributed by atoms with E-state index in [4.69, 9.17) is 17.0 Å². The van der Waals surface area contributed by atoms with Gasteiger partial charge in [0, 0.05) is 11.6 Å². The number of fused-ring (bicyclic) bond motifs is 3. The topological polar surface area (TPSA) is 21.3 Å². The standard InChI is InChI=1S/C13H15NOS/c1-15-8-5-6-12-11(7-8)9-3-2-4-10(9)13(16)14-12/h5-7,9-10H,2-4H2,1H3,(H,14,16). The molecular weight excluding hydrogens is 218 g/mol. The lowest BCUT2D eigenvalue weighted by Crippen LogP contribution is -2.28. The smallest absolute Gasteiger partial charge is 0.119 e. The van der Waals surface area contributed by atoms with E-state index in [9.17, 15) is 0 Å². The molecule has 2 atom stereocenters. The van der Waals surface area contributed by atoms with Crippen LogP contribution in [0, 0.1) is 5.92 Å². The molecule has 0 radical (unpaired) electrons. The average molecular weight is 233 g/mol. The van der Waals surface area contributed by atoms with Gasteiger partial charge in [0.2, 0.25) is 0 Å². The molecule has 0 amide bonds. The third kappa shape index (κ3) is 1.42. The Bertz CT molecular complexity index is 444. The molecule has 1 aliphatic heterocycles. The molecule has 84 valence electrons. The van der Waals surface area contributed by atoms with E-state index in [1.165, 1.54) is 30.5 Å². The zero-order valence-electron chi connectivity index (χ0n) is 9.32. The monoisotopic (exact) mass is 233 g/mol. The fraction of sp³-hybridized carbons (Fsp3) is 0.462. The third-order valence-corrected chi connectivity index (χ3v) is 4.17. The number of anilines is 1. The first kappa shape index (κ1) is 10.1. The Morgan fingerprint density at radius 2 is 2.12 bits per heavy atom. The fourth-order valence-corrected chi connectivity index (χ4v) is 3.35. The van der Waals surface area contributed by atoms with Crippen molar-refractivity contribution in [2.24, 2.45) is 5.92 Å². The van der Waals surface area contributed by atoms with E-state index >= 15 is 0 Å². The number of rotatable bonds is 1. The van der Waals surface area contributed by atoms with E-state index in [-0.39, 0.29) is 0 Å². The van der Waals surface area contributed by atoms with Gasteiger partial charge in [-0.2, -0.15) is 0 Å². The number of methoxy groups -OCH3 is 1. The van der Waals surface area contributed by atoms with E-state index in [0.717, 1.165) is 10.7 Å². The van der Waals surface area contributed by atoms with Crippen LogP contribution in [0.2, 0.25) is 0 Å². The SMILES string of the molecule is COc1ccc2c(c1)C1CCCC1C(=S)N2. The minimum Gasteiger partial charge on any atom is -0.497 e. The van der Waals surface area contributed by atoms with Crippen LogP contribution in [-0.2, 0) is 0 Å². The van der Waals surface area contributed by atoms with Crippen LogP contribution in [-0.4, -0.2) is 12.1 Å². The van der Waals surface area contributed by atoms with Gasteiger partial charge in [-0.25, -0.2) is 0 Å². The number of hydrogen-bond acceptors (Lipinski definition) is 2. The number of hydrogen-bond donors (Lipinski definition) is 1. The van der Waals surface area contributed by atoms with E-state index in [2.05, 4.69) is 17.4 Å². The minimum atomic E-state index is 0.551. The van der Waals surface area contributed by atoms with Gasteiger partial charge in [-0.3, -0.25) is 0 Å². The van der Waals surface area contributed by atoms with Crippen LogP contribution in [0.15, 0.2) is 18.2 Å². The summed E-state index contributed by atoms with van der Waals surface area (Å²) in [5.41, 5.74) is 2.56.